The molecule has 0 aliphatic heterocycles. The maximum absolute atomic E-state index is 11.7. The minimum atomic E-state index is -0.265. The standard InChI is InChI=1S/C17H19BrN2O3/c1-2-22-15-4-3-5-16(12-15)23-11-10-19-17(21)20-14-8-6-13(18)7-9-14/h3-9,12H,2,10-11H2,1H3,(H2,19,20,21). The summed E-state index contributed by atoms with van der Waals surface area (Å²) in [4.78, 5) is 11.7. The molecule has 6 heteroatoms. The first-order valence-electron chi connectivity index (χ1n) is 7.33. The van der Waals surface area contributed by atoms with Gasteiger partial charge in [0, 0.05) is 16.2 Å². The van der Waals surface area contributed by atoms with Gasteiger partial charge in [-0.25, -0.2) is 4.79 Å². The molecule has 0 heterocycles. The van der Waals surface area contributed by atoms with Crippen molar-refractivity contribution in [2.24, 2.45) is 0 Å². The molecule has 2 rings (SSSR count). The SMILES string of the molecule is CCOc1cccc(OCCNC(=O)Nc2ccc(Br)cc2)c1. The Morgan fingerprint density at radius 2 is 1.78 bits per heavy atom. The number of urea groups is 1. The molecule has 2 aromatic carbocycles. The van der Waals surface area contributed by atoms with Crippen LogP contribution in [0.5, 0.6) is 11.5 Å². The van der Waals surface area contributed by atoms with Crippen LogP contribution in [0.4, 0.5) is 10.5 Å². The Bertz CT molecular complexity index is 632. The van der Waals surface area contributed by atoms with Crippen molar-refractivity contribution in [3.63, 3.8) is 0 Å². The topological polar surface area (TPSA) is 59.6 Å². The molecule has 0 bridgehead atoms. The number of halogens is 1. The summed E-state index contributed by atoms with van der Waals surface area (Å²) in [5.41, 5.74) is 0.732. The minimum Gasteiger partial charge on any atom is -0.494 e. The highest BCUT2D eigenvalue weighted by molar-refractivity contribution is 9.10. The van der Waals surface area contributed by atoms with E-state index in [0.717, 1.165) is 15.9 Å². The number of rotatable bonds is 7. The first kappa shape index (κ1) is 17.1. The van der Waals surface area contributed by atoms with Gasteiger partial charge in [0.2, 0.25) is 0 Å². The molecule has 0 aromatic heterocycles. The Morgan fingerprint density at radius 3 is 2.48 bits per heavy atom. The number of hydrogen-bond donors (Lipinski definition) is 2. The van der Waals surface area contributed by atoms with Crippen molar-refractivity contribution >= 4 is 27.6 Å². The van der Waals surface area contributed by atoms with Crippen molar-refractivity contribution in [3.8, 4) is 11.5 Å². The number of hydrogen-bond acceptors (Lipinski definition) is 3. The number of carbonyl (C=O) groups is 1. The minimum absolute atomic E-state index is 0.265. The molecule has 2 amide bonds. The van der Waals surface area contributed by atoms with Crippen molar-refractivity contribution < 1.29 is 14.3 Å². The van der Waals surface area contributed by atoms with E-state index in [1.54, 1.807) is 0 Å². The lowest BCUT2D eigenvalue weighted by Crippen LogP contribution is -2.32. The van der Waals surface area contributed by atoms with Crippen molar-refractivity contribution in [3.05, 3.63) is 53.0 Å². The molecule has 0 aliphatic rings. The van der Waals surface area contributed by atoms with Crippen LogP contribution >= 0.6 is 15.9 Å². The summed E-state index contributed by atoms with van der Waals surface area (Å²) < 4.78 is 11.9. The van der Waals surface area contributed by atoms with E-state index < -0.39 is 0 Å². The largest absolute Gasteiger partial charge is 0.494 e. The molecule has 2 aromatic rings. The lowest BCUT2D eigenvalue weighted by molar-refractivity contribution is 0.247. The molecule has 0 aliphatic carbocycles. The van der Waals surface area contributed by atoms with Crippen LogP contribution in [-0.4, -0.2) is 25.8 Å². The second-order valence-corrected chi connectivity index (χ2v) is 5.56. The Hall–Kier alpha value is -2.21. The van der Waals surface area contributed by atoms with Crippen LogP contribution in [0.15, 0.2) is 53.0 Å². The van der Waals surface area contributed by atoms with E-state index in [2.05, 4.69) is 26.6 Å². The average molecular weight is 379 g/mol. The third-order valence-corrected chi connectivity index (χ3v) is 3.40. The fourth-order valence-electron chi connectivity index (χ4n) is 1.86. The van der Waals surface area contributed by atoms with Gasteiger partial charge in [0.1, 0.15) is 18.1 Å². The van der Waals surface area contributed by atoms with E-state index in [1.807, 2.05) is 55.5 Å². The normalized spacial score (nSPS) is 10.0. The summed E-state index contributed by atoms with van der Waals surface area (Å²) in [5.74, 6) is 1.48. The molecule has 0 unspecified atom stereocenters. The highest BCUT2D eigenvalue weighted by Gasteiger charge is 2.02. The Morgan fingerprint density at radius 1 is 1.09 bits per heavy atom. The number of anilines is 1. The van der Waals surface area contributed by atoms with Crippen molar-refractivity contribution in [2.75, 3.05) is 25.1 Å². The maximum atomic E-state index is 11.7. The second kappa shape index (κ2) is 9.05. The van der Waals surface area contributed by atoms with Crippen molar-refractivity contribution in [1.29, 1.82) is 0 Å². The van der Waals surface area contributed by atoms with Gasteiger partial charge < -0.3 is 20.1 Å². The van der Waals surface area contributed by atoms with Crippen LogP contribution in [-0.2, 0) is 0 Å². The third kappa shape index (κ3) is 6.20. The molecule has 0 saturated carbocycles. The molecule has 122 valence electrons. The van der Waals surface area contributed by atoms with Crippen LogP contribution in [0, 0.1) is 0 Å². The summed E-state index contributed by atoms with van der Waals surface area (Å²) in [5, 5.41) is 5.48. The van der Waals surface area contributed by atoms with Crippen LogP contribution < -0.4 is 20.1 Å². The quantitative estimate of drug-likeness (QED) is 0.714. The number of amides is 2. The van der Waals surface area contributed by atoms with Gasteiger partial charge >= 0.3 is 6.03 Å². The molecule has 0 saturated heterocycles. The van der Waals surface area contributed by atoms with E-state index in [-0.39, 0.29) is 6.03 Å². The van der Waals surface area contributed by atoms with Gasteiger partial charge in [-0.3, -0.25) is 0 Å². The predicted molar refractivity (Wildman–Crippen MR) is 94.3 cm³/mol. The molecule has 2 N–H and O–H groups in total. The van der Waals surface area contributed by atoms with Gasteiger partial charge in [0.25, 0.3) is 0 Å². The maximum Gasteiger partial charge on any atom is 0.319 e. The van der Waals surface area contributed by atoms with Crippen molar-refractivity contribution in [2.45, 2.75) is 6.92 Å². The number of benzene rings is 2. The van der Waals surface area contributed by atoms with Gasteiger partial charge in [-0.1, -0.05) is 22.0 Å². The van der Waals surface area contributed by atoms with Crippen LogP contribution in [0.2, 0.25) is 0 Å². The van der Waals surface area contributed by atoms with Crippen LogP contribution in [0.25, 0.3) is 0 Å². The predicted octanol–water partition coefficient (Wildman–Crippen LogP) is 4.05. The van der Waals surface area contributed by atoms with Crippen LogP contribution in [0.3, 0.4) is 0 Å². The molecule has 0 fully saturated rings. The number of carbonyl (C=O) groups excluding carboxylic acids is 1. The third-order valence-electron chi connectivity index (χ3n) is 2.87. The molecular weight excluding hydrogens is 360 g/mol. The molecule has 0 radical (unpaired) electrons. The summed E-state index contributed by atoms with van der Waals surface area (Å²) in [6.07, 6.45) is 0. The Labute approximate surface area is 144 Å². The van der Waals surface area contributed by atoms with Gasteiger partial charge in [0.15, 0.2) is 0 Å². The number of nitrogens with one attached hydrogen (secondary N) is 2. The van der Waals surface area contributed by atoms with E-state index in [1.165, 1.54) is 0 Å². The fraction of sp³-hybridized carbons (Fsp3) is 0.235. The zero-order valence-electron chi connectivity index (χ0n) is 12.8. The lowest BCUT2D eigenvalue weighted by atomic mass is 10.3. The fourth-order valence-corrected chi connectivity index (χ4v) is 2.13. The van der Waals surface area contributed by atoms with E-state index in [4.69, 9.17) is 9.47 Å². The Balaban J connectivity index is 1.69. The molecule has 23 heavy (non-hydrogen) atoms. The molecule has 0 spiro atoms. The van der Waals surface area contributed by atoms with E-state index in [9.17, 15) is 4.79 Å². The first-order valence-corrected chi connectivity index (χ1v) is 8.13. The monoisotopic (exact) mass is 378 g/mol. The highest BCUT2D eigenvalue weighted by Crippen LogP contribution is 2.19. The van der Waals surface area contributed by atoms with E-state index in [0.29, 0.717) is 25.5 Å². The van der Waals surface area contributed by atoms with Gasteiger partial charge in [-0.2, -0.15) is 0 Å². The lowest BCUT2D eigenvalue weighted by Gasteiger charge is -2.10. The van der Waals surface area contributed by atoms with E-state index >= 15 is 0 Å². The van der Waals surface area contributed by atoms with Gasteiger partial charge in [-0.05, 0) is 43.3 Å². The second-order valence-electron chi connectivity index (χ2n) is 4.64. The summed E-state index contributed by atoms with van der Waals surface area (Å²) in [7, 11) is 0. The number of ether oxygens (including phenoxy) is 2. The zero-order chi connectivity index (χ0) is 16.5. The highest BCUT2D eigenvalue weighted by atomic mass is 79.9. The average Bonchev–Trinajstić information content (AvgIpc) is 2.55. The smallest absolute Gasteiger partial charge is 0.319 e. The summed E-state index contributed by atoms with van der Waals surface area (Å²) in [6.45, 7) is 3.33. The summed E-state index contributed by atoms with van der Waals surface area (Å²) in [6, 6.07) is 14.5. The summed E-state index contributed by atoms with van der Waals surface area (Å²) >= 11 is 3.35. The Kier molecular flexibility index (Phi) is 6.75. The zero-order valence-corrected chi connectivity index (χ0v) is 14.4. The molecular formula is C17H19BrN2O3. The van der Waals surface area contributed by atoms with Crippen molar-refractivity contribution in [1.82, 2.24) is 5.32 Å². The molecule has 0 atom stereocenters. The van der Waals surface area contributed by atoms with Crippen LogP contribution in [0.1, 0.15) is 6.92 Å². The molecule has 5 nitrogen and oxygen atoms in total. The van der Waals surface area contributed by atoms with Gasteiger partial charge in [-0.15, -0.1) is 0 Å². The van der Waals surface area contributed by atoms with Gasteiger partial charge in [0.05, 0.1) is 13.2 Å². The first-order chi connectivity index (χ1) is 11.2.